The number of benzene rings is 1. The summed E-state index contributed by atoms with van der Waals surface area (Å²) in [5.74, 6) is -0.295. The lowest BCUT2D eigenvalue weighted by Gasteiger charge is -2.19. The third-order valence-electron chi connectivity index (χ3n) is 2.20. The molecule has 0 aliphatic rings. The summed E-state index contributed by atoms with van der Waals surface area (Å²) in [6.45, 7) is 9.35. The third kappa shape index (κ3) is 4.42. The SMILES string of the molecule is C=C(CC(=O)OC(C)(C)C)c1ccc(C#N)cc1. The van der Waals surface area contributed by atoms with Crippen LogP contribution in [0.15, 0.2) is 30.8 Å². The number of hydrogen-bond donors (Lipinski definition) is 0. The Bertz CT molecular complexity index is 487. The molecule has 0 aliphatic carbocycles. The standard InChI is InChI=1S/C15H17NO2/c1-11(9-14(17)18-15(2,3)4)13-7-5-12(10-16)6-8-13/h5-8H,1,9H2,2-4H3. The zero-order valence-electron chi connectivity index (χ0n) is 11.0. The second-order valence-electron chi connectivity index (χ2n) is 5.06. The van der Waals surface area contributed by atoms with Crippen LogP contribution in [0.25, 0.3) is 5.57 Å². The van der Waals surface area contributed by atoms with Gasteiger partial charge in [0.15, 0.2) is 0 Å². The minimum Gasteiger partial charge on any atom is -0.460 e. The Morgan fingerprint density at radius 3 is 2.33 bits per heavy atom. The van der Waals surface area contributed by atoms with Gasteiger partial charge < -0.3 is 4.74 Å². The summed E-state index contributed by atoms with van der Waals surface area (Å²) in [6.07, 6.45) is 0.156. The minimum absolute atomic E-state index is 0.156. The normalized spacial score (nSPS) is 10.6. The van der Waals surface area contributed by atoms with E-state index in [2.05, 4.69) is 6.58 Å². The largest absolute Gasteiger partial charge is 0.460 e. The molecule has 18 heavy (non-hydrogen) atoms. The maximum absolute atomic E-state index is 11.6. The van der Waals surface area contributed by atoms with Gasteiger partial charge in [0.25, 0.3) is 0 Å². The molecule has 0 atom stereocenters. The lowest BCUT2D eigenvalue weighted by molar-refractivity contribution is -0.153. The van der Waals surface area contributed by atoms with Gasteiger partial charge in [0.1, 0.15) is 5.60 Å². The van der Waals surface area contributed by atoms with Crippen molar-refractivity contribution in [3.8, 4) is 6.07 Å². The van der Waals surface area contributed by atoms with Crippen LogP contribution in [-0.4, -0.2) is 11.6 Å². The van der Waals surface area contributed by atoms with Crippen LogP contribution in [0.1, 0.15) is 38.3 Å². The first-order valence-corrected chi connectivity index (χ1v) is 5.72. The van der Waals surface area contributed by atoms with Crippen molar-refractivity contribution in [2.75, 3.05) is 0 Å². The first-order chi connectivity index (χ1) is 8.31. The van der Waals surface area contributed by atoms with Crippen LogP contribution in [0.3, 0.4) is 0 Å². The molecular formula is C15H17NO2. The Balaban J connectivity index is 2.65. The van der Waals surface area contributed by atoms with E-state index in [4.69, 9.17) is 10.00 Å². The molecule has 0 saturated heterocycles. The van der Waals surface area contributed by atoms with Crippen LogP contribution in [-0.2, 0) is 9.53 Å². The van der Waals surface area contributed by atoms with Crippen molar-refractivity contribution in [1.29, 1.82) is 5.26 Å². The molecule has 0 aliphatic heterocycles. The number of nitrogens with zero attached hydrogens (tertiary/aromatic N) is 1. The summed E-state index contributed by atoms with van der Waals surface area (Å²) < 4.78 is 5.22. The molecule has 0 unspecified atom stereocenters. The fourth-order valence-corrected chi connectivity index (χ4v) is 1.43. The molecule has 1 aromatic carbocycles. The van der Waals surface area contributed by atoms with Gasteiger partial charge in [-0.05, 0) is 44.0 Å². The molecule has 3 heteroatoms. The van der Waals surface area contributed by atoms with Crippen molar-refractivity contribution in [1.82, 2.24) is 0 Å². The predicted molar refractivity (Wildman–Crippen MR) is 70.7 cm³/mol. The topological polar surface area (TPSA) is 50.1 Å². The monoisotopic (exact) mass is 243 g/mol. The predicted octanol–water partition coefficient (Wildman–Crippen LogP) is 3.30. The number of esters is 1. The average Bonchev–Trinajstić information content (AvgIpc) is 2.26. The van der Waals surface area contributed by atoms with Gasteiger partial charge in [0, 0.05) is 0 Å². The summed E-state index contributed by atoms with van der Waals surface area (Å²) in [6, 6.07) is 9.02. The highest BCUT2D eigenvalue weighted by atomic mass is 16.6. The molecule has 0 heterocycles. The molecular weight excluding hydrogens is 226 g/mol. The van der Waals surface area contributed by atoms with E-state index in [9.17, 15) is 4.79 Å². The Morgan fingerprint density at radius 1 is 1.33 bits per heavy atom. The van der Waals surface area contributed by atoms with Gasteiger partial charge in [-0.1, -0.05) is 18.7 Å². The molecule has 0 spiro atoms. The summed E-state index contributed by atoms with van der Waals surface area (Å²) in [5.41, 5.74) is 1.64. The lowest BCUT2D eigenvalue weighted by Crippen LogP contribution is -2.23. The van der Waals surface area contributed by atoms with Crippen molar-refractivity contribution in [2.45, 2.75) is 32.8 Å². The van der Waals surface area contributed by atoms with E-state index in [-0.39, 0.29) is 12.4 Å². The highest BCUT2D eigenvalue weighted by Crippen LogP contribution is 2.19. The molecule has 0 saturated carbocycles. The summed E-state index contributed by atoms with van der Waals surface area (Å²) in [7, 11) is 0. The van der Waals surface area contributed by atoms with Crippen molar-refractivity contribution in [3.05, 3.63) is 42.0 Å². The summed E-state index contributed by atoms with van der Waals surface area (Å²) >= 11 is 0. The lowest BCUT2D eigenvalue weighted by atomic mass is 10.0. The van der Waals surface area contributed by atoms with Crippen molar-refractivity contribution in [3.63, 3.8) is 0 Å². The van der Waals surface area contributed by atoms with Gasteiger partial charge in [-0.15, -0.1) is 0 Å². The van der Waals surface area contributed by atoms with E-state index in [0.29, 0.717) is 11.1 Å². The Kier molecular flexibility index (Phi) is 4.28. The zero-order chi connectivity index (χ0) is 13.8. The van der Waals surface area contributed by atoms with Crippen LogP contribution in [0.5, 0.6) is 0 Å². The van der Waals surface area contributed by atoms with Crippen molar-refractivity contribution >= 4 is 11.5 Å². The second kappa shape index (κ2) is 5.50. The van der Waals surface area contributed by atoms with E-state index in [1.54, 1.807) is 24.3 Å². The number of rotatable bonds is 3. The maximum Gasteiger partial charge on any atom is 0.310 e. The number of hydrogen-bond acceptors (Lipinski definition) is 3. The Labute approximate surface area is 108 Å². The fraction of sp³-hybridized carbons (Fsp3) is 0.333. The second-order valence-corrected chi connectivity index (χ2v) is 5.06. The Morgan fingerprint density at radius 2 is 1.89 bits per heavy atom. The van der Waals surface area contributed by atoms with Crippen molar-refractivity contribution < 1.29 is 9.53 Å². The van der Waals surface area contributed by atoms with E-state index >= 15 is 0 Å². The van der Waals surface area contributed by atoms with Crippen LogP contribution in [0.2, 0.25) is 0 Å². The van der Waals surface area contributed by atoms with E-state index in [1.807, 2.05) is 26.8 Å². The van der Waals surface area contributed by atoms with Gasteiger partial charge >= 0.3 is 5.97 Å². The number of carbonyl (C=O) groups is 1. The molecule has 0 aromatic heterocycles. The van der Waals surface area contributed by atoms with Gasteiger partial charge in [0.2, 0.25) is 0 Å². The number of carbonyl (C=O) groups excluding carboxylic acids is 1. The van der Waals surface area contributed by atoms with Crippen LogP contribution in [0.4, 0.5) is 0 Å². The average molecular weight is 243 g/mol. The molecule has 1 aromatic rings. The van der Waals surface area contributed by atoms with Crippen molar-refractivity contribution in [2.24, 2.45) is 0 Å². The van der Waals surface area contributed by atoms with Gasteiger partial charge in [-0.2, -0.15) is 5.26 Å². The minimum atomic E-state index is -0.484. The zero-order valence-corrected chi connectivity index (χ0v) is 11.0. The molecule has 3 nitrogen and oxygen atoms in total. The van der Waals surface area contributed by atoms with Crippen LogP contribution >= 0.6 is 0 Å². The van der Waals surface area contributed by atoms with E-state index in [1.165, 1.54) is 0 Å². The number of nitriles is 1. The van der Waals surface area contributed by atoms with Gasteiger partial charge in [0.05, 0.1) is 18.1 Å². The summed E-state index contributed by atoms with van der Waals surface area (Å²) in [5, 5.41) is 8.69. The van der Waals surface area contributed by atoms with E-state index in [0.717, 1.165) is 5.56 Å². The molecule has 0 bridgehead atoms. The molecule has 0 N–H and O–H groups in total. The Hall–Kier alpha value is -2.08. The highest BCUT2D eigenvalue weighted by molar-refractivity contribution is 5.84. The van der Waals surface area contributed by atoms with Crippen LogP contribution < -0.4 is 0 Å². The quantitative estimate of drug-likeness (QED) is 0.765. The number of ether oxygens (including phenoxy) is 1. The van der Waals surface area contributed by atoms with Gasteiger partial charge in [-0.3, -0.25) is 4.79 Å². The fourth-order valence-electron chi connectivity index (χ4n) is 1.43. The smallest absolute Gasteiger partial charge is 0.310 e. The molecule has 1 rings (SSSR count). The van der Waals surface area contributed by atoms with Crippen LogP contribution in [0, 0.1) is 11.3 Å². The molecule has 94 valence electrons. The maximum atomic E-state index is 11.6. The molecule has 0 amide bonds. The molecule has 0 fully saturated rings. The first-order valence-electron chi connectivity index (χ1n) is 5.72. The summed E-state index contributed by atoms with van der Waals surface area (Å²) in [4.78, 5) is 11.6. The van der Waals surface area contributed by atoms with E-state index < -0.39 is 5.60 Å². The van der Waals surface area contributed by atoms with Gasteiger partial charge in [-0.25, -0.2) is 0 Å². The third-order valence-corrected chi connectivity index (χ3v) is 2.20. The highest BCUT2D eigenvalue weighted by Gasteiger charge is 2.17. The molecule has 0 radical (unpaired) electrons. The first kappa shape index (κ1) is 14.0.